The predicted molar refractivity (Wildman–Crippen MR) is 109 cm³/mol. The molecule has 0 spiro atoms. The van der Waals surface area contributed by atoms with Crippen molar-refractivity contribution in [3.63, 3.8) is 0 Å². The number of fused-ring (bicyclic) bond motifs is 2. The molecule has 0 radical (unpaired) electrons. The maximum absolute atomic E-state index is 12.9. The van der Waals surface area contributed by atoms with Crippen molar-refractivity contribution in [1.29, 1.82) is 0 Å². The molecule has 2 atom stereocenters. The molecule has 0 aliphatic carbocycles. The largest absolute Gasteiger partial charge is 0.451 e. The molecule has 1 aliphatic rings. The Labute approximate surface area is 167 Å². The van der Waals surface area contributed by atoms with Gasteiger partial charge in [0.15, 0.2) is 6.10 Å². The molecule has 148 valence electrons. The van der Waals surface area contributed by atoms with Gasteiger partial charge in [0.25, 0.3) is 11.5 Å². The second kappa shape index (κ2) is 7.50. The zero-order valence-corrected chi connectivity index (χ0v) is 16.2. The van der Waals surface area contributed by atoms with E-state index in [9.17, 15) is 14.4 Å². The minimum Gasteiger partial charge on any atom is -0.451 e. The average molecular weight is 391 g/mol. The Morgan fingerprint density at radius 2 is 1.90 bits per heavy atom. The number of rotatable bonds is 4. The van der Waals surface area contributed by atoms with E-state index < -0.39 is 12.1 Å². The van der Waals surface area contributed by atoms with Crippen LogP contribution in [0.3, 0.4) is 0 Å². The van der Waals surface area contributed by atoms with Crippen LogP contribution in [0, 0.1) is 0 Å². The molecule has 0 bridgehead atoms. The first-order chi connectivity index (χ1) is 14.0. The SMILES string of the molecule is C[C@H](OC(=O)Cn1cnc2ccccc2c1=O)C(=O)N1c2ccccc2C[C@@H]1C. The standard InChI is InChI=1S/C22H21N3O4/c1-14-11-16-7-3-6-10-19(16)25(14)21(27)15(2)29-20(26)12-24-13-23-18-9-5-4-8-17(18)22(24)28/h3-10,13-15H,11-12H2,1-2H3/t14-,15-/m0/s1. The number of hydrogen-bond acceptors (Lipinski definition) is 5. The second-order valence-electron chi connectivity index (χ2n) is 7.22. The Bertz CT molecular complexity index is 1150. The van der Waals surface area contributed by atoms with Crippen LogP contribution in [0.15, 0.2) is 59.7 Å². The third-order valence-corrected chi connectivity index (χ3v) is 5.13. The number of benzene rings is 2. The quantitative estimate of drug-likeness (QED) is 0.638. The van der Waals surface area contributed by atoms with E-state index in [1.807, 2.05) is 31.2 Å². The fourth-order valence-electron chi connectivity index (χ4n) is 3.74. The molecule has 2 heterocycles. The fraction of sp³-hybridized carbons (Fsp3) is 0.273. The summed E-state index contributed by atoms with van der Waals surface area (Å²) in [4.78, 5) is 43.7. The van der Waals surface area contributed by atoms with Crippen molar-refractivity contribution >= 4 is 28.5 Å². The van der Waals surface area contributed by atoms with E-state index in [0.29, 0.717) is 10.9 Å². The lowest BCUT2D eigenvalue weighted by Gasteiger charge is -2.26. The van der Waals surface area contributed by atoms with Crippen LogP contribution in [0.1, 0.15) is 19.4 Å². The van der Waals surface area contributed by atoms with Gasteiger partial charge in [-0.2, -0.15) is 0 Å². The van der Waals surface area contributed by atoms with E-state index in [-0.39, 0.29) is 24.1 Å². The van der Waals surface area contributed by atoms with Crippen LogP contribution in [0.5, 0.6) is 0 Å². The minimum atomic E-state index is -0.958. The predicted octanol–water partition coefficient (Wildman–Crippen LogP) is 2.31. The lowest BCUT2D eigenvalue weighted by Crippen LogP contribution is -2.43. The molecular weight excluding hydrogens is 370 g/mol. The number of para-hydroxylation sites is 2. The monoisotopic (exact) mass is 391 g/mol. The molecule has 0 fully saturated rings. The van der Waals surface area contributed by atoms with Gasteiger partial charge in [-0.1, -0.05) is 30.3 Å². The highest BCUT2D eigenvalue weighted by atomic mass is 16.5. The number of nitrogens with zero attached hydrogens (tertiary/aromatic N) is 3. The van der Waals surface area contributed by atoms with E-state index in [4.69, 9.17) is 4.74 Å². The van der Waals surface area contributed by atoms with Gasteiger partial charge in [-0.05, 0) is 44.0 Å². The van der Waals surface area contributed by atoms with E-state index in [1.54, 1.807) is 36.1 Å². The van der Waals surface area contributed by atoms with Crippen LogP contribution in [-0.4, -0.2) is 33.6 Å². The molecule has 0 N–H and O–H groups in total. The average Bonchev–Trinajstić information content (AvgIpc) is 3.05. The summed E-state index contributed by atoms with van der Waals surface area (Å²) < 4.78 is 6.53. The Morgan fingerprint density at radius 1 is 1.17 bits per heavy atom. The summed E-state index contributed by atoms with van der Waals surface area (Å²) in [7, 11) is 0. The first kappa shape index (κ1) is 18.9. The Hall–Kier alpha value is -3.48. The molecule has 3 aromatic rings. The van der Waals surface area contributed by atoms with Crippen LogP contribution in [0.2, 0.25) is 0 Å². The van der Waals surface area contributed by atoms with Crippen LogP contribution in [0.25, 0.3) is 10.9 Å². The number of aromatic nitrogens is 2. The summed E-state index contributed by atoms with van der Waals surface area (Å²) in [6, 6.07) is 14.6. The number of hydrogen-bond donors (Lipinski definition) is 0. The maximum atomic E-state index is 12.9. The molecule has 0 saturated heterocycles. The zero-order valence-electron chi connectivity index (χ0n) is 16.2. The Kier molecular flexibility index (Phi) is 4.88. The van der Waals surface area contributed by atoms with Crippen LogP contribution >= 0.6 is 0 Å². The van der Waals surface area contributed by atoms with Crippen LogP contribution in [0.4, 0.5) is 5.69 Å². The van der Waals surface area contributed by atoms with Gasteiger partial charge < -0.3 is 9.64 Å². The third-order valence-electron chi connectivity index (χ3n) is 5.13. The highest BCUT2D eigenvalue weighted by Crippen LogP contribution is 2.32. The van der Waals surface area contributed by atoms with E-state index in [1.165, 1.54) is 10.9 Å². The number of esters is 1. The van der Waals surface area contributed by atoms with Gasteiger partial charge in [0.2, 0.25) is 0 Å². The van der Waals surface area contributed by atoms with E-state index >= 15 is 0 Å². The number of carbonyl (C=O) groups is 2. The van der Waals surface area contributed by atoms with E-state index in [0.717, 1.165) is 17.7 Å². The third kappa shape index (κ3) is 3.51. The summed E-state index contributed by atoms with van der Waals surface area (Å²) in [6.07, 6.45) is 1.12. The van der Waals surface area contributed by atoms with Crippen molar-refractivity contribution < 1.29 is 14.3 Å². The summed E-state index contributed by atoms with van der Waals surface area (Å²) in [5.41, 5.74) is 2.18. The van der Waals surface area contributed by atoms with Crippen LogP contribution in [-0.2, 0) is 27.3 Å². The summed E-state index contributed by atoms with van der Waals surface area (Å²) in [6.45, 7) is 3.21. The molecule has 7 nitrogen and oxygen atoms in total. The number of amides is 1. The van der Waals surface area contributed by atoms with Gasteiger partial charge in [0.1, 0.15) is 6.54 Å². The molecule has 1 aromatic heterocycles. The lowest BCUT2D eigenvalue weighted by atomic mass is 10.1. The van der Waals surface area contributed by atoms with Crippen molar-refractivity contribution in [2.45, 2.75) is 39.0 Å². The first-order valence-electron chi connectivity index (χ1n) is 9.50. The van der Waals surface area contributed by atoms with E-state index in [2.05, 4.69) is 4.98 Å². The molecule has 7 heteroatoms. The van der Waals surface area contributed by atoms with Gasteiger partial charge >= 0.3 is 5.97 Å². The normalized spacial score (nSPS) is 16.5. The van der Waals surface area contributed by atoms with Crippen molar-refractivity contribution in [2.75, 3.05) is 4.90 Å². The van der Waals surface area contributed by atoms with Crippen molar-refractivity contribution in [3.05, 3.63) is 70.8 Å². The van der Waals surface area contributed by atoms with Gasteiger partial charge in [-0.15, -0.1) is 0 Å². The number of ether oxygens (including phenoxy) is 1. The molecule has 4 rings (SSSR count). The summed E-state index contributed by atoms with van der Waals surface area (Å²) >= 11 is 0. The second-order valence-corrected chi connectivity index (χ2v) is 7.22. The molecule has 1 amide bonds. The Morgan fingerprint density at radius 3 is 2.72 bits per heavy atom. The van der Waals surface area contributed by atoms with Gasteiger partial charge in [0, 0.05) is 11.7 Å². The molecule has 2 aromatic carbocycles. The molecule has 0 unspecified atom stereocenters. The number of carbonyl (C=O) groups excluding carboxylic acids is 2. The highest BCUT2D eigenvalue weighted by molar-refractivity contribution is 5.99. The maximum Gasteiger partial charge on any atom is 0.326 e. The molecule has 29 heavy (non-hydrogen) atoms. The summed E-state index contributed by atoms with van der Waals surface area (Å²) in [5, 5.41) is 0.425. The first-order valence-corrected chi connectivity index (χ1v) is 9.50. The smallest absolute Gasteiger partial charge is 0.326 e. The lowest BCUT2D eigenvalue weighted by molar-refractivity contribution is -0.154. The molecular formula is C22H21N3O4. The van der Waals surface area contributed by atoms with Crippen molar-refractivity contribution in [2.24, 2.45) is 0 Å². The fourth-order valence-corrected chi connectivity index (χ4v) is 3.74. The summed E-state index contributed by atoms with van der Waals surface area (Å²) in [5.74, 6) is -0.940. The topological polar surface area (TPSA) is 81.5 Å². The number of anilines is 1. The zero-order chi connectivity index (χ0) is 20.5. The molecule has 1 aliphatic heterocycles. The minimum absolute atomic E-state index is 0.00615. The van der Waals surface area contributed by atoms with Gasteiger partial charge in [0.05, 0.1) is 17.2 Å². The highest BCUT2D eigenvalue weighted by Gasteiger charge is 2.34. The van der Waals surface area contributed by atoms with Gasteiger partial charge in [-0.25, -0.2) is 4.98 Å². The van der Waals surface area contributed by atoms with Crippen molar-refractivity contribution in [1.82, 2.24) is 9.55 Å². The van der Waals surface area contributed by atoms with Crippen LogP contribution < -0.4 is 10.5 Å². The molecule has 0 saturated carbocycles. The Balaban J connectivity index is 1.47. The van der Waals surface area contributed by atoms with Gasteiger partial charge in [-0.3, -0.25) is 19.0 Å². The van der Waals surface area contributed by atoms with Crippen molar-refractivity contribution in [3.8, 4) is 0 Å².